The summed E-state index contributed by atoms with van der Waals surface area (Å²) in [6.07, 6.45) is 3.06. The van der Waals surface area contributed by atoms with Crippen LogP contribution >= 0.6 is 11.8 Å². The summed E-state index contributed by atoms with van der Waals surface area (Å²) in [5.41, 5.74) is 12.5. The van der Waals surface area contributed by atoms with Crippen LogP contribution in [0.2, 0.25) is 0 Å². The number of benzene rings is 2. The third-order valence-electron chi connectivity index (χ3n) is 4.19. The number of hydrogen-bond acceptors (Lipinski definition) is 7. The molecule has 26 heavy (non-hydrogen) atoms. The minimum absolute atomic E-state index is 0.136. The Kier molecular flexibility index (Phi) is 4.81. The number of ether oxygens (including phenoxy) is 2. The van der Waals surface area contributed by atoms with Crippen molar-refractivity contribution in [2.45, 2.75) is 35.3 Å². The Morgan fingerprint density at radius 1 is 1.04 bits per heavy atom. The molecule has 1 aliphatic rings. The summed E-state index contributed by atoms with van der Waals surface area (Å²) in [4.78, 5) is 10.4. The molecular weight excluding hydrogens is 348 g/mol. The number of nitrogens with two attached hydrogens (primary N) is 2. The minimum atomic E-state index is -0.136. The van der Waals surface area contributed by atoms with Gasteiger partial charge in [0.05, 0.1) is 17.5 Å². The van der Waals surface area contributed by atoms with Gasteiger partial charge in [-0.15, -0.1) is 0 Å². The van der Waals surface area contributed by atoms with Gasteiger partial charge in [-0.25, -0.2) is 4.98 Å². The van der Waals surface area contributed by atoms with Crippen molar-refractivity contribution in [3.05, 3.63) is 42.5 Å². The van der Waals surface area contributed by atoms with Crippen molar-refractivity contribution in [3.8, 4) is 5.75 Å². The van der Waals surface area contributed by atoms with Gasteiger partial charge >= 0.3 is 0 Å². The van der Waals surface area contributed by atoms with Gasteiger partial charge in [0.15, 0.2) is 6.29 Å². The summed E-state index contributed by atoms with van der Waals surface area (Å²) >= 11 is 1.60. The lowest BCUT2D eigenvalue weighted by molar-refractivity contribution is -0.105. The lowest BCUT2D eigenvalue weighted by atomic mass is 10.2. The second-order valence-corrected chi connectivity index (χ2v) is 7.22. The van der Waals surface area contributed by atoms with Crippen molar-refractivity contribution >= 4 is 34.4 Å². The van der Waals surface area contributed by atoms with Crippen molar-refractivity contribution in [1.29, 1.82) is 0 Å². The summed E-state index contributed by atoms with van der Waals surface area (Å²) in [6.45, 7) is 0.772. The highest BCUT2D eigenvalue weighted by molar-refractivity contribution is 7.99. The summed E-state index contributed by atoms with van der Waals surface area (Å²) in [6, 6.07) is 13.8. The summed E-state index contributed by atoms with van der Waals surface area (Å²) in [7, 11) is 0. The molecule has 1 aromatic heterocycles. The maximum atomic E-state index is 6.06. The number of rotatable bonds is 4. The molecule has 7 heteroatoms. The van der Waals surface area contributed by atoms with Gasteiger partial charge < -0.3 is 20.9 Å². The third kappa shape index (κ3) is 3.68. The van der Waals surface area contributed by atoms with Gasteiger partial charge in [-0.2, -0.15) is 4.98 Å². The quantitative estimate of drug-likeness (QED) is 0.722. The molecule has 1 fully saturated rings. The molecule has 0 spiro atoms. The van der Waals surface area contributed by atoms with Gasteiger partial charge in [-0.05, 0) is 49.2 Å². The van der Waals surface area contributed by atoms with E-state index >= 15 is 0 Å². The fraction of sp³-hybridized carbons (Fsp3) is 0.263. The maximum absolute atomic E-state index is 6.06. The van der Waals surface area contributed by atoms with Crippen LogP contribution < -0.4 is 16.2 Å². The maximum Gasteiger partial charge on any atom is 0.222 e. The van der Waals surface area contributed by atoms with Crippen LogP contribution in [0.5, 0.6) is 5.75 Å². The molecule has 0 aliphatic carbocycles. The second-order valence-electron chi connectivity index (χ2n) is 6.10. The molecule has 1 atom stereocenters. The summed E-state index contributed by atoms with van der Waals surface area (Å²) in [5.74, 6) is 1.39. The molecule has 6 nitrogen and oxygen atoms in total. The predicted octanol–water partition coefficient (Wildman–Crippen LogP) is 3.85. The molecule has 3 aromatic rings. The van der Waals surface area contributed by atoms with Crippen molar-refractivity contribution in [3.63, 3.8) is 0 Å². The predicted molar refractivity (Wildman–Crippen MR) is 103 cm³/mol. The molecule has 0 saturated carbocycles. The fourth-order valence-corrected chi connectivity index (χ4v) is 3.94. The minimum Gasteiger partial charge on any atom is -0.465 e. The Morgan fingerprint density at radius 3 is 2.65 bits per heavy atom. The van der Waals surface area contributed by atoms with Gasteiger partial charge in [-0.1, -0.05) is 17.8 Å². The van der Waals surface area contributed by atoms with Gasteiger partial charge in [0, 0.05) is 16.2 Å². The number of anilines is 2. The van der Waals surface area contributed by atoms with Crippen molar-refractivity contribution < 1.29 is 9.47 Å². The Bertz CT molecular complexity index is 911. The molecule has 134 valence electrons. The van der Waals surface area contributed by atoms with Crippen LogP contribution in [0.4, 0.5) is 11.8 Å². The van der Waals surface area contributed by atoms with E-state index in [-0.39, 0.29) is 12.2 Å². The highest BCUT2D eigenvalue weighted by Gasteiger charge is 2.15. The van der Waals surface area contributed by atoms with Gasteiger partial charge in [0.2, 0.25) is 5.95 Å². The smallest absolute Gasteiger partial charge is 0.222 e. The largest absolute Gasteiger partial charge is 0.465 e. The van der Waals surface area contributed by atoms with Crippen molar-refractivity contribution in [1.82, 2.24) is 9.97 Å². The van der Waals surface area contributed by atoms with Crippen LogP contribution in [-0.2, 0) is 4.74 Å². The van der Waals surface area contributed by atoms with E-state index in [2.05, 4.69) is 9.97 Å². The zero-order valence-corrected chi connectivity index (χ0v) is 15.0. The molecule has 0 amide bonds. The Morgan fingerprint density at radius 2 is 1.88 bits per heavy atom. The first kappa shape index (κ1) is 16.9. The average molecular weight is 368 g/mol. The molecule has 2 aromatic carbocycles. The monoisotopic (exact) mass is 368 g/mol. The van der Waals surface area contributed by atoms with E-state index in [0.29, 0.717) is 5.82 Å². The molecule has 0 radical (unpaired) electrons. The van der Waals surface area contributed by atoms with Gasteiger partial charge in [0.25, 0.3) is 0 Å². The summed E-state index contributed by atoms with van der Waals surface area (Å²) in [5, 5.41) is 0.822. The first-order valence-corrected chi connectivity index (χ1v) is 9.38. The molecule has 1 unspecified atom stereocenters. The first-order valence-electron chi connectivity index (χ1n) is 8.57. The van der Waals surface area contributed by atoms with E-state index in [1.54, 1.807) is 11.8 Å². The second kappa shape index (κ2) is 7.39. The number of aromatic nitrogens is 2. The lowest BCUT2D eigenvalue weighted by Crippen LogP contribution is -2.24. The number of hydrogen-bond donors (Lipinski definition) is 2. The SMILES string of the molecule is Nc1nc(N)c2c(Sc3ccc(OC4CCCCO4)cc3)cccc2n1. The molecule has 4 N–H and O–H groups in total. The number of nitrogen functional groups attached to an aromatic ring is 2. The average Bonchev–Trinajstić information content (AvgIpc) is 2.64. The number of fused-ring (bicyclic) bond motifs is 1. The standard InChI is InChI=1S/C19H20N4O2S/c20-18-17-14(22-19(21)23-18)4-3-5-15(17)26-13-9-7-12(8-10-13)25-16-6-1-2-11-24-16/h3-5,7-10,16H,1-2,6,11H2,(H4,20,21,22,23). The molecule has 1 aliphatic heterocycles. The molecule has 1 saturated heterocycles. The van der Waals surface area contributed by atoms with Crippen LogP contribution in [0.25, 0.3) is 10.9 Å². The van der Waals surface area contributed by atoms with E-state index in [4.69, 9.17) is 20.9 Å². The highest BCUT2D eigenvalue weighted by Crippen LogP contribution is 2.36. The van der Waals surface area contributed by atoms with Crippen LogP contribution in [0.3, 0.4) is 0 Å². The normalized spacial score (nSPS) is 17.3. The van der Waals surface area contributed by atoms with Crippen LogP contribution in [-0.4, -0.2) is 22.9 Å². The van der Waals surface area contributed by atoms with E-state index in [1.807, 2.05) is 42.5 Å². The zero-order valence-electron chi connectivity index (χ0n) is 14.2. The van der Waals surface area contributed by atoms with Crippen molar-refractivity contribution in [2.24, 2.45) is 0 Å². The molecule has 4 rings (SSSR count). The van der Waals surface area contributed by atoms with Gasteiger partial charge in [0.1, 0.15) is 11.6 Å². The Balaban J connectivity index is 1.53. The topological polar surface area (TPSA) is 96.3 Å². The van der Waals surface area contributed by atoms with E-state index in [9.17, 15) is 0 Å². The van der Waals surface area contributed by atoms with E-state index < -0.39 is 0 Å². The van der Waals surface area contributed by atoms with E-state index in [0.717, 1.165) is 52.3 Å². The first-order chi connectivity index (χ1) is 12.7. The van der Waals surface area contributed by atoms with E-state index in [1.165, 1.54) is 0 Å². The molecule has 0 bridgehead atoms. The van der Waals surface area contributed by atoms with Crippen LogP contribution in [0, 0.1) is 0 Å². The Labute approximate surface area is 155 Å². The number of nitrogens with zero attached hydrogens (tertiary/aromatic N) is 2. The summed E-state index contributed by atoms with van der Waals surface area (Å²) < 4.78 is 11.5. The van der Waals surface area contributed by atoms with Crippen molar-refractivity contribution in [2.75, 3.05) is 18.1 Å². The zero-order chi connectivity index (χ0) is 17.9. The lowest BCUT2D eigenvalue weighted by Gasteiger charge is -2.23. The Hall–Kier alpha value is -2.51. The molecular formula is C19H20N4O2S. The fourth-order valence-electron chi connectivity index (χ4n) is 2.95. The van der Waals surface area contributed by atoms with Crippen LogP contribution in [0.1, 0.15) is 19.3 Å². The van der Waals surface area contributed by atoms with Gasteiger partial charge in [-0.3, -0.25) is 0 Å². The molecule has 2 heterocycles. The highest BCUT2D eigenvalue weighted by atomic mass is 32.2. The third-order valence-corrected chi connectivity index (χ3v) is 5.26. The van der Waals surface area contributed by atoms with Crippen LogP contribution in [0.15, 0.2) is 52.3 Å².